The van der Waals surface area contributed by atoms with E-state index in [1.807, 2.05) is 0 Å². The molecule has 0 saturated heterocycles. The number of carbonyl (C=O) groups excluding carboxylic acids is 2. The number of amides is 2. The van der Waals surface area contributed by atoms with E-state index in [1.54, 1.807) is 36.0 Å². The van der Waals surface area contributed by atoms with E-state index < -0.39 is 0 Å². The summed E-state index contributed by atoms with van der Waals surface area (Å²) in [6, 6.07) is 13.7. The molecule has 0 aliphatic heterocycles. The van der Waals surface area contributed by atoms with Crippen LogP contribution in [0.5, 0.6) is 0 Å². The lowest BCUT2D eigenvalue weighted by Gasteiger charge is -2.07. The van der Waals surface area contributed by atoms with E-state index in [4.69, 9.17) is 5.73 Å². The molecule has 3 N–H and O–H groups in total. The van der Waals surface area contributed by atoms with E-state index in [2.05, 4.69) is 23.5 Å². The number of nitrogens with two attached hydrogens (primary N) is 1. The predicted molar refractivity (Wildman–Crippen MR) is 97.2 cm³/mol. The van der Waals surface area contributed by atoms with Gasteiger partial charge in [-0.1, -0.05) is 18.2 Å². The minimum atomic E-state index is -0.363. The van der Waals surface area contributed by atoms with Gasteiger partial charge in [0.15, 0.2) is 0 Å². The van der Waals surface area contributed by atoms with Crippen molar-refractivity contribution in [2.24, 2.45) is 5.73 Å². The molecule has 1 aliphatic rings. The molecule has 0 unspecified atom stereocenters. The zero-order valence-corrected chi connectivity index (χ0v) is 14.2. The molecule has 2 aromatic carbocycles. The number of hydrogen-bond donors (Lipinski definition) is 2. The average Bonchev–Trinajstić information content (AvgIpc) is 3.02. The van der Waals surface area contributed by atoms with Crippen LogP contribution in [0.4, 0.5) is 5.69 Å². The maximum absolute atomic E-state index is 12.1. The third-order valence-corrected chi connectivity index (χ3v) is 5.05. The fourth-order valence-electron chi connectivity index (χ4n) is 2.89. The Bertz CT molecular complexity index is 756. The standard InChI is InChI=1S/C19H20N2O2S/c20-18(22)10-13-4-7-16(8-5-13)21-19(23)12-24-17-9-6-14-2-1-3-15(14)11-17/h4-9,11H,1-3,10,12H2,(H2,20,22)(H,21,23). The van der Waals surface area contributed by atoms with Crippen molar-refractivity contribution in [1.82, 2.24) is 0 Å². The molecular weight excluding hydrogens is 320 g/mol. The smallest absolute Gasteiger partial charge is 0.234 e. The van der Waals surface area contributed by atoms with E-state index >= 15 is 0 Å². The molecule has 4 nitrogen and oxygen atoms in total. The van der Waals surface area contributed by atoms with Crippen LogP contribution in [0.3, 0.4) is 0 Å². The number of carbonyl (C=O) groups is 2. The summed E-state index contributed by atoms with van der Waals surface area (Å²) in [5.41, 5.74) is 9.59. The summed E-state index contributed by atoms with van der Waals surface area (Å²) in [5, 5.41) is 2.87. The van der Waals surface area contributed by atoms with Gasteiger partial charge >= 0.3 is 0 Å². The van der Waals surface area contributed by atoms with Gasteiger partial charge in [0.05, 0.1) is 12.2 Å². The minimum absolute atomic E-state index is 0.0388. The van der Waals surface area contributed by atoms with Gasteiger partial charge in [-0.05, 0) is 60.2 Å². The number of benzene rings is 2. The Morgan fingerprint density at radius 2 is 1.79 bits per heavy atom. The van der Waals surface area contributed by atoms with Crippen molar-refractivity contribution in [2.45, 2.75) is 30.6 Å². The van der Waals surface area contributed by atoms with Crippen LogP contribution in [0.1, 0.15) is 23.1 Å². The van der Waals surface area contributed by atoms with Crippen LogP contribution in [0.25, 0.3) is 0 Å². The first-order chi connectivity index (χ1) is 11.6. The molecule has 0 saturated carbocycles. The normalized spacial score (nSPS) is 12.7. The van der Waals surface area contributed by atoms with Crippen molar-refractivity contribution < 1.29 is 9.59 Å². The fraction of sp³-hybridized carbons (Fsp3) is 0.263. The van der Waals surface area contributed by atoms with Crippen LogP contribution in [0.15, 0.2) is 47.4 Å². The monoisotopic (exact) mass is 340 g/mol. The van der Waals surface area contributed by atoms with Crippen LogP contribution >= 0.6 is 11.8 Å². The molecular formula is C19H20N2O2S. The summed E-state index contributed by atoms with van der Waals surface area (Å²) in [4.78, 5) is 24.1. The zero-order chi connectivity index (χ0) is 16.9. The molecule has 2 aromatic rings. The summed E-state index contributed by atoms with van der Waals surface area (Å²) in [5.74, 6) is -0.0253. The molecule has 0 bridgehead atoms. The molecule has 2 amide bonds. The number of primary amides is 1. The van der Waals surface area contributed by atoms with Crippen molar-refractivity contribution >= 4 is 29.3 Å². The quantitative estimate of drug-likeness (QED) is 0.794. The van der Waals surface area contributed by atoms with Crippen molar-refractivity contribution in [3.8, 4) is 0 Å². The van der Waals surface area contributed by atoms with Crippen LogP contribution in [0.2, 0.25) is 0 Å². The zero-order valence-electron chi connectivity index (χ0n) is 13.4. The highest BCUT2D eigenvalue weighted by Gasteiger charge is 2.11. The lowest BCUT2D eigenvalue weighted by atomic mass is 10.1. The molecule has 0 fully saturated rings. The summed E-state index contributed by atoms with van der Waals surface area (Å²) in [6.45, 7) is 0. The SMILES string of the molecule is NC(=O)Cc1ccc(NC(=O)CSc2ccc3c(c2)CCC3)cc1. The molecule has 0 heterocycles. The topological polar surface area (TPSA) is 72.2 Å². The van der Waals surface area contributed by atoms with Gasteiger partial charge in [0.25, 0.3) is 0 Å². The van der Waals surface area contributed by atoms with Gasteiger partial charge in [0.1, 0.15) is 0 Å². The molecule has 3 rings (SSSR count). The van der Waals surface area contributed by atoms with E-state index in [0.717, 1.165) is 22.6 Å². The summed E-state index contributed by atoms with van der Waals surface area (Å²) < 4.78 is 0. The Hall–Kier alpha value is -2.27. The van der Waals surface area contributed by atoms with Gasteiger partial charge in [-0.25, -0.2) is 0 Å². The summed E-state index contributed by atoms with van der Waals surface area (Å²) in [6.07, 6.45) is 3.76. The Labute approximate surface area is 145 Å². The second-order valence-corrected chi connectivity index (χ2v) is 7.01. The van der Waals surface area contributed by atoms with E-state index in [9.17, 15) is 9.59 Å². The van der Waals surface area contributed by atoms with Gasteiger partial charge in [-0.15, -0.1) is 11.8 Å². The number of nitrogens with one attached hydrogen (secondary N) is 1. The van der Waals surface area contributed by atoms with E-state index in [-0.39, 0.29) is 18.2 Å². The number of anilines is 1. The molecule has 0 atom stereocenters. The molecule has 124 valence electrons. The maximum atomic E-state index is 12.1. The van der Waals surface area contributed by atoms with Crippen LogP contribution < -0.4 is 11.1 Å². The molecule has 1 aliphatic carbocycles. The largest absolute Gasteiger partial charge is 0.369 e. The summed E-state index contributed by atoms with van der Waals surface area (Å²) in [7, 11) is 0. The van der Waals surface area contributed by atoms with Crippen molar-refractivity contribution in [3.05, 3.63) is 59.2 Å². The Morgan fingerprint density at radius 3 is 2.54 bits per heavy atom. The number of thioether (sulfide) groups is 1. The first-order valence-corrected chi connectivity index (χ1v) is 9.00. The lowest BCUT2D eigenvalue weighted by molar-refractivity contribution is -0.117. The number of aryl methyl sites for hydroxylation is 2. The highest BCUT2D eigenvalue weighted by molar-refractivity contribution is 8.00. The first-order valence-electron chi connectivity index (χ1n) is 8.02. The summed E-state index contributed by atoms with van der Waals surface area (Å²) >= 11 is 1.55. The highest BCUT2D eigenvalue weighted by Crippen LogP contribution is 2.27. The van der Waals surface area contributed by atoms with Crippen LogP contribution in [-0.4, -0.2) is 17.6 Å². The fourth-order valence-corrected chi connectivity index (χ4v) is 3.65. The molecule has 0 spiro atoms. The van der Waals surface area contributed by atoms with Crippen molar-refractivity contribution in [1.29, 1.82) is 0 Å². The number of fused-ring (bicyclic) bond motifs is 1. The Kier molecular flexibility index (Phi) is 5.20. The van der Waals surface area contributed by atoms with Crippen molar-refractivity contribution in [2.75, 3.05) is 11.1 Å². The number of rotatable bonds is 6. The third kappa shape index (κ3) is 4.38. The van der Waals surface area contributed by atoms with Gasteiger partial charge in [-0.3, -0.25) is 9.59 Å². The van der Waals surface area contributed by atoms with Gasteiger partial charge in [-0.2, -0.15) is 0 Å². The van der Waals surface area contributed by atoms with Gasteiger partial charge in [0, 0.05) is 10.6 Å². The third-order valence-electron chi connectivity index (χ3n) is 4.06. The maximum Gasteiger partial charge on any atom is 0.234 e. The first kappa shape index (κ1) is 16.6. The Balaban J connectivity index is 1.51. The Morgan fingerprint density at radius 1 is 1.04 bits per heavy atom. The molecule has 0 aromatic heterocycles. The van der Waals surface area contributed by atoms with Gasteiger partial charge < -0.3 is 11.1 Å². The highest BCUT2D eigenvalue weighted by atomic mass is 32.2. The second kappa shape index (κ2) is 7.53. The predicted octanol–water partition coefficient (Wildman–Crippen LogP) is 2.93. The van der Waals surface area contributed by atoms with E-state index in [1.165, 1.54) is 24.0 Å². The lowest BCUT2D eigenvalue weighted by Crippen LogP contribution is -2.15. The molecule has 24 heavy (non-hydrogen) atoms. The average molecular weight is 340 g/mol. The van der Waals surface area contributed by atoms with Crippen molar-refractivity contribution in [3.63, 3.8) is 0 Å². The van der Waals surface area contributed by atoms with Crippen LogP contribution in [-0.2, 0) is 28.9 Å². The minimum Gasteiger partial charge on any atom is -0.369 e. The number of hydrogen-bond acceptors (Lipinski definition) is 3. The second-order valence-electron chi connectivity index (χ2n) is 5.96. The molecule has 0 radical (unpaired) electrons. The molecule has 5 heteroatoms. The van der Waals surface area contributed by atoms with Gasteiger partial charge in [0.2, 0.25) is 11.8 Å². The van der Waals surface area contributed by atoms with E-state index in [0.29, 0.717) is 5.75 Å². The van der Waals surface area contributed by atoms with Crippen LogP contribution in [0, 0.1) is 0 Å².